The predicted molar refractivity (Wildman–Crippen MR) is 80.3 cm³/mol. The number of carbonyl (C=O) groups is 1. The zero-order valence-corrected chi connectivity index (χ0v) is 13.1. The molecule has 0 aromatic heterocycles. The lowest BCUT2D eigenvalue weighted by Crippen LogP contribution is -2.45. The first-order valence-corrected chi connectivity index (χ1v) is 6.79. The molecule has 0 heterocycles. The summed E-state index contributed by atoms with van der Waals surface area (Å²) < 4.78 is 30.7. The minimum Gasteiger partial charge on any atom is -0.506 e. The van der Waals surface area contributed by atoms with Gasteiger partial charge in [-0.15, -0.1) is 0 Å². The van der Waals surface area contributed by atoms with Crippen LogP contribution in [0.2, 0.25) is 0 Å². The molecule has 1 aromatic carbocycles. The van der Waals surface area contributed by atoms with Gasteiger partial charge in [0.15, 0.2) is 0 Å². The second kappa shape index (κ2) is 6.48. The Labute approximate surface area is 128 Å². The molecule has 0 saturated heterocycles. The highest BCUT2D eigenvalue weighted by Crippen LogP contribution is 2.27. The van der Waals surface area contributed by atoms with Crippen LogP contribution < -0.4 is 11.1 Å². The first-order valence-electron chi connectivity index (χ1n) is 6.79. The third kappa shape index (κ3) is 5.48. The zero-order chi connectivity index (χ0) is 17.1. The van der Waals surface area contributed by atoms with Crippen LogP contribution in [0.1, 0.15) is 33.3 Å². The van der Waals surface area contributed by atoms with Crippen molar-refractivity contribution in [1.82, 2.24) is 0 Å². The minimum atomic E-state index is -2.69. The van der Waals surface area contributed by atoms with Gasteiger partial charge in [-0.3, -0.25) is 5.32 Å². The highest BCUT2D eigenvalue weighted by atomic mass is 19.3. The molecule has 0 aliphatic heterocycles. The fraction of sp³-hybridized carbons (Fsp3) is 0.533. The molecule has 1 amide bonds. The average molecular weight is 316 g/mol. The van der Waals surface area contributed by atoms with Gasteiger partial charge in [0.05, 0.1) is 11.2 Å². The van der Waals surface area contributed by atoms with Gasteiger partial charge in [-0.1, -0.05) is 6.07 Å². The van der Waals surface area contributed by atoms with Crippen LogP contribution in [-0.4, -0.2) is 28.8 Å². The van der Waals surface area contributed by atoms with Crippen LogP contribution in [0.4, 0.5) is 19.3 Å². The summed E-state index contributed by atoms with van der Waals surface area (Å²) in [5.41, 5.74) is 3.70. The molecule has 1 atom stereocenters. The van der Waals surface area contributed by atoms with E-state index in [4.69, 9.17) is 10.5 Å². The van der Waals surface area contributed by atoms with Crippen LogP contribution in [0.15, 0.2) is 18.2 Å². The molecule has 4 N–H and O–H groups in total. The Hall–Kier alpha value is -1.89. The molecule has 0 saturated carbocycles. The summed E-state index contributed by atoms with van der Waals surface area (Å²) in [7, 11) is 0. The van der Waals surface area contributed by atoms with Crippen molar-refractivity contribution >= 4 is 11.8 Å². The molecule has 7 heteroatoms. The smallest absolute Gasteiger partial charge is 0.412 e. The third-order valence-electron chi connectivity index (χ3n) is 2.78. The molecule has 124 valence electrons. The van der Waals surface area contributed by atoms with Gasteiger partial charge in [0.2, 0.25) is 0 Å². The summed E-state index contributed by atoms with van der Waals surface area (Å²) in [6.45, 7) is 6.34. The minimum absolute atomic E-state index is 0.0804. The second-order valence-corrected chi connectivity index (χ2v) is 6.46. The van der Waals surface area contributed by atoms with Crippen LogP contribution in [0.3, 0.4) is 0 Å². The van der Waals surface area contributed by atoms with E-state index in [9.17, 15) is 18.7 Å². The number of phenols is 1. The average Bonchev–Trinajstić information content (AvgIpc) is 2.30. The predicted octanol–water partition coefficient (Wildman–Crippen LogP) is 3.26. The second-order valence-electron chi connectivity index (χ2n) is 6.46. The van der Waals surface area contributed by atoms with E-state index in [0.29, 0.717) is 5.56 Å². The van der Waals surface area contributed by atoms with Crippen molar-refractivity contribution in [2.45, 2.75) is 51.7 Å². The number of nitrogens with two attached hydrogens (primary N) is 1. The van der Waals surface area contributed by atoms with Crippen molar-refractivity contribution in [1.29, 1.82) is 0 Å². The number of phenolic OH excluding ortho intramolecular Hbond substituents is 1. The Balaban J connectivity index is 2.89. The third-order valence-corrected chi connectivity index (χ3v) is 2.78. The first kappa shape index (κ1) is 18.2. The molecule has 0 radical (unpaired) electrons. The SMILES string of the molecule is CC(C)(C)OC(=O)Nc1cc(CC(C)(N)C(F)F)ccc1O. The van der Waals surface area contributed by atoms with Crippen LogP contribution in [0, 0.1) is 0 Å². The van der Waals surface area contributed by atoms with Gasteiger partial charge in [0.1, 0.15) is 11.4 Å². The van der Waals surface area contributed by atoms with E-state index in [2.05, 4.69) is 5.32 Å². The number of hydrogen-bond acceptors (Lipinski definition) is 4. The van der Waals surface area contributed by atoms with E-state index in [0.717, 1.165) is 0 Å². The van der Waals surface area contributed by atoms with Crippen molar-refractivity contribution in [3.8, 4) is 5.75 Å². The monoisotopic (exact) mass is 316 g/mol. The zero-order valence-electron chi connectivity index (χ0n) is 13.1. The Morgan fingerprint density at radius 1 is 1.36 bits per heavy atom. The Morgan fingerprint density at radius 2 is 1.95 bits per heavy atom. The fourth-order valence-corrected chi connectivity index (χ4v) is 1.72. The van der Waals surface area contributed by atoms with Crippen molar-refractivity contribution < 1.29 is 23.4 Å². The standard InChI is InChI=1S/C15H22F2N2O3/c1-14(2,3)22-13(21)19-10-7-9(5-6-11(10)20)8-15(4,18)12(16)17/h5-7,12,20H,8,18H2,1-4H3,(H,19,21). The van der Waals surface area contributed by atoms with E-state index in [1.807, 2.05) is 0 Å². The summed E-state index contributed by atoms with van der Waals surface area (Å²) in [6.07, 6.45) is -3.54. The van der Waals surface area contributed by atoms with E-state index in [1.165, 1.54) is 25.1 Å². The lowest BCUT2D eigenvalue weighted by molar-refractivity contribution is 0.0630. The summed E-state index contributed by atoms with van der Waals surface area (Å²) >= 11 is 0. The number of amides is 1. The molecule has 0 aliphatic rings. The number of benzene rings is 1. The summed E-state index contributed by atoms with van der Waals surface area (Å²) in [6, 6.07) is 4.18. The Morgan fingerprint density at radius 3 is 2.45 bits per heavy atom. The Kier molecular flexibility index (Phi) is 5.35. The molecular weight excluding hydrogens is 294 g/mol. The van der Waals surface area contributed by atoms with Gasteiger partial charge in [0.25, 0.3) is 6.43 Å². The maximum absolute atomic E-state index is 12.8. The number of nitrogens with one attached hydrogen (secondary N) is 1. The summed E-state index contributed by atoms with van der Waals surface area (Å²) in [4.78, 5) is 11.7. The molecule has 5 nitrogen and oxygen atoms in total. The van der Waals surface area contributed by atoms with E-state index >= 15 is 0 Å². The number of rotatable bonds is 4. The van der Waals surface area contributed by atoms with Crippen molar-refractivity contribution in [3.63, 3.8) is 0 Å². The van der Waals surface area contributed by atoms with Crippen molar-refractivity contribution in [2.24, 2.45) is 5.73 Å². The van der Waals surface area contributed by atoms with Gasteiger partial charge in [-0.25, -0.2) is 13.6 Å². The number of carbonyl (C=O) groups excluding carboxylic acids is 1. The van der Waals surface area contributed by atoms with Gasteiger partial charge in [0, 0.05) is 0 Å². The van der Waals surface area contributed by atoms with E-state index in [1.54, 1.807) is 20.8 Å². The molecule has 0 aliphatic carbocycles. The number of aromatic hydroxyl groups is 1. The van der Waals surface area contributed by atoms with Gasteiger partial charge in [-0.2, -0.15) is 0 Å². The Bertz CT molecular complexity index is 540. The fourth-order valence-electron chi connectivity index (χ4n) is 1.72. The van der Waals surface area contributed by atoms with E-state index in [-0.39, 0.29) is 17.9 Å². The summed E-state index contributed by atoms with van der Waals surface area (Å²) in [5, 5.41) is 12.1. The maximum Gasteiger partial charge on any atom is 0.412 e. The largest absolute Gasteiger partial charge is 0.506 e. The van der Waals surface area contributed by atoms with Gasteiger partial charge >= 0.3 is 6.09 Å². The van der Waals surface area contributed by atoms with Crippen LogP contribution in [-0.2, 0) is 11.2 Å². The van der Waals surface area contributed by atoms with Crippen molar-refractivity contribution in [2.75, 3.05) is 5.32 Å². The quantitative estimate of drug-likeness (QED) is 0.744. The number of ether oxygens (including phenoxy) is 1. The number of anilines is 1. The molecule has 1 unspecified atom stereocenters. The topological polar surface area (TPSA) is 84.6 Å². The molecule has 0 spiro atoms. The molecular formula is C15H22F2N2O3. The van der Waals surface area contributed by atoms with Gasteiger partial charge < -0.3 is 15.6 Å². The van der Waals surface area contributed by atoms with Gasteiger partial charge in [-0.05, 0) is 51.8 Å². The molecule has 1 rings (SSSR count). The highest BCUT2D eigenvalue weighted by Gasteiger charge is 2.30. The summed E-state index contributed by atoms with van der Waals surface area (Å²) in [5.74, 6) is -0.189. The molecule has 0 bridgehead atoms. The van der Waals surface area contributed by atoms with Crippen LogP contribution in [0.5, 0.6) is 5.75 Å². The lowest BCUT2D eigenvalue weighted by atomic mass is 9.94. The van der Waals surface area contributed by atoms with Crippen molar-refractivity contribution in [3.05, 3.63) is 23.8 Å². The number of alkyl halides is 2. The van der Waals surface area contributed by atoms with Crippen LogP contribution >= 0.6 is 0 Å². The number of halogens is 2. The lowest BCUT2D eigenvalue weighted by Gasteiger charge is -2.24. The van der Waals surface area contributed by atoms with E-state index < -0.39 is 23.7 Å². The maximum atomic E-state index is 12.8. The number of hydrogen-bond donors (Lipinski definition) is 3. The first-order chi connectivity index (χ1) is 9.90. The molecule has 22 heavy (non-hydrogen) atoms. The normalized spacial score (nSPS) is 14.5. The molecule has 0 fully saturated rings. The molecule has 1 aromatic rings. The highest BCUT2D eigenvalue weighted by molar-refractivity contribution is 5.87. The van der Waals surface area contributed by atoms with Crippen LogP contribution in [0.25, 0.3) is 0 Å².